The molecule has 0 aliphatic carbocycles. The lowest BCUT2D eigenvalue weighted by atomic mass is 10.2. The molecule has 0 saturated heterocycles. The number of aromatic nitrogens is 1. The summed E-state index contributed by atoms with van der Waals surface area (Å²) in [7, 11) is 0. The smallest absolute Gasteiger partial charge is 0.316 e. The Balaban J connectivity index is 2.21. The zero-order chi connectivity index (χ0) is 10.7. The van der Waals surface area contributed by atoms with Crippen LogP contribution in [0.1, 0.15) is 0 Å². The van der Waals surface area contributed by atoms with Crippen molar-refractivity contribution in [1.82, 2.24) is 4.98 Å². The lowest BCUT2D eigenvalue weighted by Crippen LogP contribution is -2.19. The number of primary amides is 1. The summed E-state index contributed by atoms with van der Waals surface area (Å²) in [6.07, 6.45) is 1.76. The van der Waals surface area contributed by atoms with Gasteiger partial charge >= 0.3 is 6.03 Å². The van der Waals surface area contributed by atoms with E-state index in [-0.39, 0.29) is 0 Å². The first kappa shape index (κ1) is 9.67. The lowest BCUT2D eigenvalue weighted by molar-refractivity contribution is 0.259. The van der Waals surface area contributed by atoms with Crippen molar-refractivity contribution in [3.8, 4) is 10.6 Å². The number of hydrogen-bond acceptors (Lipinski definition) is 3. The summed E-state index contributed by atoms with van der Waals surface area (Å²) in [6.45, 7) is 0. The van der Waals surface area contributed by atoms with Crippen LogP contribution in [0.15, 0.2) is 35.8 Å². The van der Waals surface area contributed by atoms with Crippen molar-refractivity contribution in [2.45, 2.75) is 0 Å². The van der Waals surface area contributed by atoms with Crippen LogP contribution < -0.4 is 11.1 Å². The Morgan fingerprint density at radius 2 is 2.07 bits per heavy atom. The minimum Gasteiger partial charge on any atom is -0.351 e. The summed E-state index contributed by atoms with van der Waals surface area (Å²) in [5.74, 6) is 0. The molecule has 0 aliphatic rings. The van der Waals surface area contributed by atoms with Crippen LogP contribution in [0, 0.1) is 0 Å². The molecule has 0 bridgehead atoms. The third-order valence-electron chi connectivity index (χ3n) is 1.83. The quantitative estimate of drug-likeness (QED) is 0.813. The highest BCUT2D eigenvalue weighted by atomic mass is 32.1. The Morgan fingerprint density at radius 3 is 2.60 bits per heavy atom. The van der Waals surface area contributed by atoms with Crippen LogP contribution in [0.25, 0.3) is 10.6 Å². The number of carbonyl (C=O) groups excluding carboxylic acids is 1. The lowest BCUT2D eigenvalue weighted by Gasteiger charge is -2.01. The first-order chi connectivity index (χ1) is 7.25. The van der Waals surface area contributed by atoms with Gasteiger partial charge in [-0.3, -0.25) is 0 Å². The van der Waals surface area contributed by atoms with Gasteiger partial charge in [0.1, 0.15) is 5.01 Å². The molecule has 4 nitrogen and oxygen atoms in total. The standard InChI is InChI=1S/C10H9N3OS/c11-10(14)13-8-3-1-7(2-4-8)9-12-5-6-15-9/h1-6H,(H3,11,13,14). The molecular weight excluding hydrogens is 210 g/mol. The van der Waals surface area contributed by atoms with Crippen LogP contribution in [-0.4, -0.2) is 11.0 Å². The Hall–Kier alpha value is -1.88. The van der Waals surface area contributed by atoms with Crippen molar-refractivity contribution in [2.75, 3.05) is 5.32 Å². The van der Waals surface area contributed by atoms with E-state index in [1.165, 1.54) is 0 Å². The second-order valence-electron chi connectivity index (χ2n) is 2.90. The highest BCUT2D eigenvalue weighted by Gasteiger charge is 2.00. The number of benzene rings is 1. The van der Waals surface area contributed by atoms with E-state index >= 15 is 0 Å². The molecule has 15 heavy (non-hydrogen) atoms. The maximum Gasteiger partial charge on any atom is 0.316 e. The van der Waals surface area contributed by atoms with Crippen LogP contribution in [0.4, 0.5) is 10.5 Å². The van der Waals surface area contributed by atoms with Gasteiger partial charge in [0.2, 0.25) is 0 Å². The Bertz CT molecular complexity index is 450. The molecular formula is C10H9N3OS. The van der Waals surface area contributed by atoms with Crippen molar-refractivity contribution in [3.05, 3.63) is 35.8 Å². The van der Waals surface area contributed by atoms with Crippen molar-refractivity contribution in [2.24, 2.45) is 5.73 Å². The molecule has 5 heteroatoms. The highest BCUT2D eigenvalue weighted by Crippen LogP contribution is 2.22. The average molecular weight is 219 g/mol. The molecule has 2 aromatic rings. The third kappa shape index (κ3) is 2.32. The van der Waals surface area contributed by atoms with E-state index in [9.17, 15) is 4.79 Å². The van der Waals surface area contributed by atoms with Crippen molar-refractivity contribution in [3.63, 3.8) is 0 Å². The topological polar surface area (TPSA) is 68.0 Å². The van der Waals surface area contributed by atoms with E-state index in [1.54, 1.807) is 29.7 Å². The summed E-state index contributed by atoms with van der Waals surface area (Å²) in [6, 6.07) is 6.81. The van der Waals surface area contributed by atoms with Crippen LogP contribution in [0.5, 0.6) is 0 Å². The van der Waals surface area contributed by atoms with Crippen LogP contribution in [0.3, 0.4) is 0 Å². The zero-order valence-electron chi connectivity index (χ0n) is 7.81. The van der Waals surface area contributed by atoms with Gasteiger partial charge < -0.3 is 11.1 Å². The summed E-state index contributed by atoms with van der Waals surface area (Å²) in [5.41, 5.74) is 6.71. The van der Waals surface area contributed by atoms with E-state index in [1.807, 2.05) is 17.5 Å². The maximum absolute atomic E-state index is 10.6. The molecule has 1 aromatic carbocycles. The number of urea groups is 1. The van der Waals surface area contributed by atoms with E-state index in [0.717, 1.165) is 10.6 Å². The van der Waals surface area contributed by atoms with Gasteiger partial charge in [-0.2, -0.15) is 0 Å². The summed E-state index contributed by atoms with van der Waals surface area (Å²) in [4.78, 5) is 14.8. The molecule has 2 amide bonds. The van der Waals surface area contributed by atoms with Gasteiger partial charge in [-0.05, 0) is 24.3 Å². The minimum absolute atomic E-state index is 0.558. The third-order valence-corrected chi connectivity index (χ3v) is 2.65. The molecule has 0 radical (unpaired) electrons. The van der Waals surface area contributed by atoms with Crippen molar-refractivity contribution >= 4 is 23.1 Å². The number of anilines is 1. The number of nitrogens with one attached hydrogen (secondary N) is 1. The molecule has 0 atom stereocenters. The highest BCUT2D eigenvalue weighted by molar-refractivity contribution is 7.13. The van der Waals surface area contributed by atoms with Crippen LogP contribution >= 0.6 is 11.3 Å². The maximum atomic E-state index is 10.6. The van der Waals surface area contributed by atoms with Gasteiger partial charge in [-0.25, -0.2) is 9.78 Å². The molecule has 3 N–H and O–H groups in total. The average Bonchev–Trinajstić information content (AvgIpc) is 2.71. The fourth-order valence-corrected chi connectivity index (χ4v) is 1.85. The molecule has 0 aliphatic heterocycles. The van der Waals surface area contributed by atoms with E-state index in [2.05, 4.69) is 10.3 Å². The van der Waals surface area contributed by atoms with Gasteiger partial charge in [0.15, 0.2) is 0 Å². The number of nitrogens with zero attached hydrogens (tertiary/aromatic N) is 1. The molecule has 0 saturated carbocycles. The molecule has 2 rings (SSSR count). The first-order valence-electron chi connectivity index (χ1n) is 4.32. The Morgan fingerprint density at radius 1 is 1.33 bits per heavy atom. The van der Waals surface area contributed by atoms with E-state index in [4.69, 9.17) is 5.73 Å². The van der Waals surface area contributed by atoms with Gasteiger partial charge in [-0.1, -0.05) is 0 Å². The molecule has 0 fully saturated rings. The van der Waals surface area contributed by atoms with E-state index < -0.39 is 6.03 Å². The van der Waals surface area contributed by atoms with Gasteiger partial charge in [0.25, 0.3) is 0 Å². The minimum atomic E-state index is -0.558. The Labute approximate surface area is 90.8 Å². The number of nitrogens with two attached hydrogens (primary N) is 1. The zero-order valence-corrected chi connectivity index (χ0v) is 8.62. The number of amides is 2. The second-order valence-corrected chi connectivity index (χ2v) is 3.80. The monoisotopic (exact) mass is 219 g/mol. The molecule has 0 spiro atoms. The number of rotatable bonds is 2. The van der Waals surface area contributed by atoms with Gasteiger partial charge in [0, 0.05) is 22.8 Å². The largest absolute Gasteiger partial charge is 0.351 e. The molecule has 1 aromatic heterocycles. The molecule has 76 valence electrons. The summed E-state index contributed by atoms with van der Waals surface area (Å²) in [5, 5.41) is 5.38. The van der Waals surface area contributed by atoms with Crippen molar-refractivity contribution < 1.29 is 4.79 Å². The van der Waals surface area contributed by atoms with Crippen LogP contribution in [-0.2, 0) is 0 Å². The Kier molecular flexibility index (Phi) is 2.64. The predicted molar refractivity (Wildman–Crippen MR) is 60.8 cm³/mol. The van der Waals surface area contributed by atoms with Gasteiger partial charge in [-0.15, -0.1) is 11.3 Å². The van der Waals surface area contributed by atoms with Crippen LogP contribution in [0.2, 0.25) is 0 Å². The second kappa shape index (κ2) is 4.10. The van der Waals surface area contributed by atoms with E-state index in [0.29, 0.717) is 5.69 Å². The molecule has 1 heterocycles. The number of carbonyl (C=O) groups is 1. The fourth-order valence-electron chi connectivity index (χ4n) is 1.20. The van der Waals surface area contributed by atoms with Gasteiger partial charge in [0.05, 0.1) is 0 Å². The summed E-state index contributed by atoms with van der Waals surface area (Å²) >= 11 is 1.57. The fraction of sp³-hybridized carbons (Fsp3) is 0. The summed E-state index contributed by atoms with van der Waals surface area (Å²) < 4.78 is 0. The number of thiazole rings is 1. The SMILES string of the molecule is NC(=O)Nc1ccc(-c2nccs2)cc1. The van der Waals surface area contributed by atoms with Crippen molar-refractivity contribution in [1.29, 1.82) is 0 Å². The molecule has 0 unspecified atom stereocenters. The predicted octanol–water partition coefficient (Wildman–Crippen LogP) is 2.30. The first-order valence-corrected chi connectivity index (χ1v) is 5.20. The normalized spacial score (nSPS) is 9.87. The number of hydrogen-bond donors (Lipinski definition) is 2.